The van der Waals surface area contributed by atoms with Gasteiger partial charge in [0.2, 0.25) is 0 Å². The van der Waals surface area contributed by atoms with E-state index in [9.17, 15) is 4.79 Å². The quantitative estimate of drug-likeness (QED) is 0.872. The van der Waals surface area contributed by atoms with E-state index in [4.69, 9.17) is 0 Å². The van der Waals surface area contributed by atoms with Gasteiger partial charge in [0.15, 0.2) is 0 Å². The highest BCUT2D eigenvalue weighted by atomic mass is 16.2. The van der Waals surface area contributed by atoms with Gasteiger partial charge in [-0.15, -0.1) is 0 Å². The average molecular weight is 249 g/mol. The van der Waals surface area contributed by atoms with Gasteiger partial charge in [-0.1, -0.05) is 20.8 Å². The molecule has 0 aliphatic rings. The van der Waals surface area contributed by atoms with E-state index in [0.717, 1.165) is 24.5 Å². The number of nitrogens with one attached hydrogen (secondary N) is 1. The monoisotopic (exact) mass is 249 g/mol. The lowest BCUT2D eigenvalue weighted by Gasteiger charge is -2.17. The zero-order chi connectivity index (χ0) is 13.7. The Morgan fingerprint density at radius 3 is 2.61 bits per heavy atom. The fourth-order valence-electron chi connectivity index (χ4n) is 1.76. The first-order valence-corrected chi connectivity index (χ1v) is 6.44. The third-order valence-electron chi connectivity index (χ3n) is 2.85. The van der Waals surface area contributed by atoms with Gasteiger partial charge in [-0.3, -0.25) is 4.79 Å². The van der Waals surface area contributed by atoms with Crippen molar-refractivity contribution in [3.05, 3.63) is 23.4 Å². The summed E-state index contributed by atoms with van der Waals surface area (Å²) in [6, 6.07) is 3.69. The Bertz CT molecular complexity index is 416. The van der Waals surface area contributed by atoms with E-state index >= 15 is 0 Å². The summed E-state index contributed by atoms with van der Waals surface area (Å²) in [5.74, 6) is 1.11. The lowest BCUT2D eigenvalue weighted by atomic mass is 10.1. The highest BCUT2D eigenvalue weighted by Gasteiger charge is 2.14. The minimum absolute atomic E-state index is 0.0534. The van der Waals surface area contributed by atoms with Crippen LogP contribution in [0.1, 0.15) is 49.2 Å². The van der Waals surface area contributed by atoms with Gasteiger partial charge >= 0.3 is 0 Å². The molecule has 1 heterocycles. The minimum atomic E-state index is 0.0534. The van der Waals surface area contributed by atoms with Gasteiger partial charge in [-0.25, -0.2) is 4.98 Å². The van der Waals surface area contributed by atoms with Crippen molar-refractivity contribution in [1.82, 2.24) is 9.88 Å². The SMILES string of the molecule is CCCN(C)C(=O)c1cc(NC)nc(C(C)C)c1. The van der Waals surface area contributed by atoms with Gasteiger partial charge in [0, 0.05) is 31.9 Å². The summed E-state index contributed by atoms with van der Waals surface area (Å²) in [5.41, 5.74) is 1.64. The number of pyridine rings is 1. The molecule has 0 atom stereocenters. The van der Waals surface area contributed by atoms with E-state index in [1.165, 1.54) is 0 Å². The Kier molecular flexibility index (Phi) is 5.13. The molecule has 1 N–H and O–H groups in total. The van der Waals surface area contributed by atoms with Gasteiger partial charge in [0.1, 0.15) is 5.82 Å². The van der Waals surface area contributed by atoms with E-state index in [0.29, 0.717) is 11.5 Å². The lowest BCUT2D eigenvalue weighted by molar-refractivity contribution is 0.0795. The number of hydrogen-bond donors (Lipinski definition) is 1. The second kappa shape index (κ2) is 6.38. The van der Waals surface area contributed by atoms with Crippen LogP contribution in [0.5, 0.6) is 0 Å². The van der Waals surface area contributed by atoms with Crippen LogP contribution in [0.2, 0.25) is 0 Å². The van der Waals surface area contributed by atoms with Crippen molar-refractivity contribution < 1.29 is 4.79 Å². The molecule has 100 valence electrons. The molecular weight excluding hydrogens is 226 g/mol. The summed E-state index contributed by atoms with van der Waals surface area (Å²) in [6.45, 7) is 6.99. The standard InChI is InChI=1S/C14H23N3O/c1-6-7-17(5)14(18)11-8-12(10(2)3)16-13(9-11)15-4/h8-10H,6-7H2,1-5H3,(H,15,16). The van der Waals surface area contributed by atoms with Gasteiger partial charge in [-0.05, 0) is 24.5 Å². The molecule has 4 heteroatoms. The summed E-state index contributed by atoms with van der Waals surface area (Å²) >= 11 is 0. The predicted molar refractivity (Wildman–Crippen MR) is 75.1 cm³/mol. The molecule has 1 aromatic rings. The molecule has 0 aliphatic carbocycles. The fourth-order valence-corrected chi connectivity index (χ4v) is 1.76. The first kappa shape index (κ1) is 14.5. The fraction of sp³-hybridized carbons (Fsp3) is 0.571. The van der Waals surface area contributed by atoms with E-state index in [-0.39, 0.29) is 5.91 Å². The molecule has 0 radical (unpaired) electrons. The Morgan fingerprint density at radius 2 is 2.11 bits per heavy atom. The number of nitrogens with zero attached hydrogens (tertiary/aromatic N) is 2. The summed E-state index contributed by atoms with van der Waals surface area (Å²) in [4.78, 5) is 18.5. The van der Waals surface area contributed by atoms with Gasteiger partial charge in [0.25, 0.3) is 5.91 Å². The van der Waals surface area contributed by atoms with Crippen LogP contribution in [0, 0.1) is 0 Å². The summed E-state index contributed by atoms with van der Waals surface area (Å²) in [7, 11) is 3.65. The van der Waals surface area contributed by atoms with Crippen LogP contribution in [0.25, 0.3) is 0 Å². The van der Waals surface area contributed by atoms with Crippen molar-refractivity contribution in [2.75, 3.05) is 26.0 Å². The summed E-state index contributed by atoms with van der Waals surface area (Å²) in [6.07, 6.45) is 0.962. The third kappa shape index (κ3) is 3.45. The van der Waals surface area contributed by atoms with Crippen molar-refractivity contribution in [3.63, 3.8) is 0 Å². The molecule has 1 rings (SSSR count). The minimum Gasteiger partial charge on any atom is -0.373 e. The number of carbonyl (C=O) groups is 1. The van der Waals surface area contributed by atoms with Crippen LogP contribution < -0.4 is 5.32 Å². The highest BCUT2D eigenvalue weighted by molar-refractivity contribution is 5.94. The first-order chi connectivity index (χ1) is 8.49. The molecule has 0 aromatic carbocycles. The molecule has 0 saturated heterocycles. The molecule has 0 aliphatic heterocycles. The zero-order valence-corrected chi connectivity index (χ0v) is 11.9. The van der Waals surface area contributed by atoms with Crippen molar-refractivity contribution in [2.45, 2.75) is 33.1 Å². The first-order valence-electron chi connectivity index (χ1n) is 6.44. The van der Waals surface area contributed by atoms with Crippen LogP contribution in [-0.2, 0) is 0 Å². The Hall–Kier alpha value is -1.58. The van der Waals surface area contributed by atoms with Gasteiger partial charge < -0.3 is 10.2 Å². The van der Waals surface area contributed by atoms with Crippen LogP contribution >= 0.6 is 0 Å². The largest absolute Gasteiger partial charge is 0.373 e. The van der Waals surface area contributed by atoms with Crippen LogP contribution in [-0.4, -0.2) is 36.4 Å². The molecule has 0 saturated carbocycles. The highest BCUT2D eigenvalue weighted by Crippen LogP contribution is 2.18. The van der Waals surface area contributed by atoms with E-state index in [2.05, 4.69) is 31.1 Å². The number of anilines is 1. The summed E-state index contributed by atoms with van der Waals surface area (Å²) < 4.78 is 0. The molecular formula is C14H23N3O. The molecule has 1 amide bonds. The Balaban J connectivity index is 3.07. The number of carbonyl (C=O) groups excluding carboxylic acids is 1. The molecule has 18 heavy (non-hydrogen) atoms. The maximum Gasteiger partial charge on any atom is 0.253 e. The molecule has 1 aromatic heterocycles. The summed E-state index contributed by atoms with van der Waals surface area (Å²) in [5, 5.41) is 3.01. The van der Waals surface area contributed by atoms with Crippen molar-refractivity contribution in [3.8, 4) is 0 Å². The van der Waals surface area contributed by atoms with Crippen molar-refractivity contribution >= 4 is 11.7 Å². The van der Waals surface area contributed by atoms with E-state index < -0.39 is 0 Å². The molecule has 4 nitrogen and oxygen atoms in total. The molecule has 0 spiro atoms. The second-order valence-electron chi connectivity index (χ2n) is 4.80. The predicted octanol–water partition coefficient (Wildman–Crippen LogP) is 2.73. The normalized spacial score (nSPS) is 10.6. The van der Waals surface area contributed by atoms with Gasteiger partial charge in [0.05, 0.1) is 0 Å². The van der Waals surface area contributed by atoms with Crippen molar-refractivity contribution in [2.24, 2.45) is 0 Å². The van der Waals surface area contributed by atoms with E-state index in [1.54, 1.807) is 11.0 Å². The topological polar surface area (TPSA) is 45.2 Å². The van der Waals surface area contributed by atoms with E-state index in [1.807, 2.05) is 20.2 Å². The van der Waals surface area contributed by atoms with Crippen LogP contribution in [0.4, 0.5) is 5.82 Å². The number of amides is 1. The maximum absolute atomic E-state index is 12.2. The molecule has 0 fully saturated rings. The third-order valence-corrected chi connectivity index (χ3v) is 2.85. The average Bonchev–Trinajstić information content (AvgIpc) is 2.37. The lowest BCUT2D eigenvalue weighted by Crippen LogP contribution is -2.27. The second-order valence-corrected chi connectivity index (χ2v) is 4.80. The van der Waals surface area contributed by atoms with Crippen LogP contribution in [0.15, 0.2) is 12.1 Å². The maximum atomic E-state index is 12.2. The van der Waals surface area contributed by atoms with Gasteiger partial charge in [-0.2, -0.15) is 0 Å². The van der Waals surface area contributed by atoms with Crippen LogP contribution in [0.3, 0.4) is 0 Å². The molecule has 0 bridgehead atoms. The smallest absolute Gasteiger partial charge is 0.253 e. The Labute approximate surface area is 109 Å². The van der Waals surface area contributed by atoms with Crippen molar-refractivity contribution in [1.29, 1.82) is 0 Å². The zero-order valence-electron chi connectivity index (χ0n) is 11.9. The number of aromatic nitrogens is 1. The number of rotatable bonds is 5. The Morgan fingerprint density at radius 1 is 1.44 bits per heavy atom. The molecule has 0 unspecified atom stereocenters. The number of hydrogen-bond acceptors (Lipinski definition) is 3.